The number of halogens is 1. The van der Waals surface area contributed by atoms with Gasteiger partial charge in [-0.3, -0.25) is 4.79 Å². The number of rotatable bonds is 6. The number of carbonyl (C=O) groups is 1. The largest absolute Gasteiger partial charge is 0.489 e. The van der Waals surface area contributed by atoms with Crippen LogP contribution in [-0.4, -0.2) is 10.5 Å². The number of hydrogen-bond donors (Lipinski definition) is 1. The van der Waals surface area contributed by atoms with Gasteiger partial charge in [-0.05, 0) is 29.8 Å². The van der Waals surface area contributed by atoms with Gasteiger partial charge in [0.2, 0.25) is 5.91 Å². The summed E-state index contributed by atoms with van der Waals surface area (Å²) in [5, 5.41) is 1.33. The summed E-state index contributed by atoms with van der Waals surface area (Å²) in [6.45, 7) is 0.819. The van der Waals surface area contributed by atoms with E-state index in [0.717, 1.165) is 22.4 Å². The third kappa shape index (κ3) is 3.48. The molecule has 0 unspecified atom stereocenters. The van der Waals surface area contributed by atoms with Crippen LogP contribution in [0.2, 0.25) is 0 Å². The molecule has 32 heavy (non-hydrogen) atoms. The normalized spacial score (nSPS) is 11.2. The second kappa shape index (κ2) is 8.19. The molecule has 0 fully saturated rings. The van der Waals surface area contributed by atoms with Crippen molar-refractivity contribution >= 4 is 27.7 Å². The van der Waals surface area contributed by atoms with Crippen LogP contribution >= 0.6 is 0 Å². The summed E-state index contributed by atoms with van der Waals surface area (Å²) in [6.07, 6.45) is 0. The van der Waals surface area contributed by atoms with E-state index in [2.05, 4.69) is 0 Å². The zero-order valence-corrected chi connectivity index (χ0v) is 17.3. The Balaban J connectivity index is 1.62. The van der Waals surface area contributed by atoms with Gasteiger partial charge >= 0.3 is 0 Å². The van der Waals surface area contributed by atoms with Gasteiger partial charge in [0.15, 0.2) is 0 Å². The number of benzene rings is 4. The summed E-state index contributed by atoms with van der Waals surface area (Å²) in [5.74, 6) is -0.156. The van der Waals surface area contributed by atoms with Crippen LogP contribution in [0.5, 0.6) is 5.75 Å². The number of aromatic nitrogens is 1. The van der Waals surface area contributed by atoms with Crippen molar-refractivity contribution in [3.8, 4) is 5.75 Å². The maximum Gasteiger partial charge on any atom is 0.249 e. The summed E-state index contributed by atoms with van der Waals surface area (Å²) in [5.41, 5.74) is 9.17. The third-order valence-corrected chi connectivity index (χ3v) is 5.66. The lowest BCUT2D eigenvalue weighted by atomic mass is 10.1. The predicted octanol–water partition coefficient (Wildman–Crippen LogP) is 5.66. The molecule has 0 radical (unpaired) electrons. The Morgan fingerprint density at radius 1 is 0.875 bits per heavy atom. The average Bonchev–Trinajstić information content (AvgIpc) is 3.14. The van der Waals surface area contributed by atoms with Crippen molar-refractivity contribution < 1.29 is 13.9 Å². The van der Waals surface area contributed by atoms with Crippen molar-refractivity contribution in [1.29, 1.82) is 0 Å². The Labute approximate surface area is 184 Å². The van der Waals surface area contributed by atoms with Crippen LogP contribution in [0.4, 0.5) is 4.39 Å². The Kier molecular flexibility index (Phi) is 5.07. The van der Waals surface area contributed by atoms with Gasteiger partial charge in [-0.2, -0.15) is 0 Å². The highest BCUT2D eigenvalue weighted by Crippen LogP contribution is 2.34. The third-order valence-electron chi connectivity index (χ3n) is 5.66. The molecule has 0 spiro atoms. The van der Waals surface area contributed by atoms with Crippen LogP contribution in [0.3, 0.4) is 0 Å². The quantitative estimate of drug-likeness (QED) is 0.382. The lowest BCUT2D eigenvalue weighted by molar-refractivity contribution is 0.100. The number of nitrogens with zero attached hydrogens (tertiary/aromatic N) is 1. The molecule has 0 aliphatic heterocycles. The van der Waals surface area contributed by atoms with Gasteiger partial charge in [-0.15, -0.1) is 0 Å². The Hall–Kier alpha value is -4.12. The molecule has 0 bridgehead atoms. The van der Waals surface area contributed by atoms with Gasteiger partial charge in [0.1, 0.15) is 18.2 Å². The summed E-state index contributed by atoms with van der Waals surface area (Å²) < 4.78 is 23.0. The van der Waals surface area contributed by atoms with Crippen molar-refractivity contribution in [3.63, 3.8) is 0 Å². The highest BCUT2D eigenvalue weighted by atomic mass is 19.1. The smallest absolute Gasteiger partial charge is 0.249 e. The predicted molar refractivity (Wildman–Crippen MR) is 124 cm³/mol. The molecule has 5 aromatic rings. The molecular weight excluding hydrogens is 403 g/mol. The van der Waals surface area contributed by atoms with Crippen LogP contribution in [-0.2, 0) is 13.2 Å². The molecule has 2 N–H and O–H groups in total. The number of ether oxygens (including phenoxy) is 1. The minimum atomic E-state index is -0.537. The van der Waals surface area contributed by atoms with Gasteiger partial charge < -0.3 is 15.0 Å². The number of hydrogen-bond acceptors (Lipinski definition) is 2. The van der Waals surface area contributed by atoms with E-state index < -0.39 is 5.91 Å². The number of primary amides is 1. The fourth-order valence-electron chi connectivity index (χ4n) is 4.21. The van der Waals surface area contributed by atoms with E-state index >= 15 is 4.39 Å². The van der Waals surface area contributed by atoms with Crippen molar-refractivity contribution in [2.24, 2.45) is 5.73 Å². The number of amides is 1. The first kappa shape index (κ1) is 19.8. The maximum atomic E-state index is 15.0. The maximum absolute atomic E-state index is 15.0. The van der Waals surface area contributed by atoms with Crippen molar-refractivity contribution in [2.45, 2.75) is 13.2 Å². The van der Waals surface area contributed by atoms with Gasteiger partial charge in [0.25, 0.3) is 0 Å². The number of para-hydroxylation sites is 2. The van der Waals surface area contributed by atoms with Gasteiger partial charge in [-0.25, -0.2) is 4.39 Å². The van der Waals surface area contributed by atoms with Gasteiger partial charge in [0, 0.05) is 21.9 Å². The van der Waals surface area contributed by atoms with Crippen LogP contribution in [0, 0.1) is 5.82 Å². The molecule has 4 aromatic carbocycles. The lowest BCUT2D eigenvalue weighted by Crippen LogP contribution is -2.11. The Morgan fingerprint density at radius 2 is 1.62 bits per heavy atom. The zero-order valence-electron chi connectivity index (χ0n) is 17.3. The standard InChI is InChI=1S/C27H21FN2O2/c28-22-13-6-11-20-25-21(27(29)31)12-7-14-23(25)30(26(20)22)16-19-10-4-5-15-24(19)32-17-18-8-2-1-3-9-18/h1-15H,16-17H2,(H2,29,31). The first-order valence-corrected chi connectivity index (χ1v) is 10.4. The summed E-state index contributed by atoms with van der Waals surface area (Å²) in [7, 11) is 0. The number of fused-ring (bicyclic) bond motifs is 3. The monoisotopic (exact) mass is 424 g/mol. The summed E-state index contributed by atoms with van der Waals surface area (Å²) >= 11 is 0. The van der Waals surface area contributed by atoms with Crippen molar-refractivity contribution in [2.75, 3.05) is 0 Å². The first-order chi connectivity index (χ1) is 15.6. The van der Waals surface area contributed by atoms with Crippen LogP contribution in [0.15, 0.2) is 91.0 Å². The zero-order chi connectivity index (χ0) is 22.1. The molecule has 5 heteroatoms. The van der Waals surface area contributed by atoms with E-state index in [4.69, 9.17) is 10.5 Å². The highest BCUT2D eigenvalue weighted by Gasteiger charge is 2.19. The van der Waals surface area contributed by atoms with E-state index in [1.807, 2.05) is 71.3 Å². The fraction of sp³-hybridized carbons (Fsp3) is 0.0741. The SMILES string of the molecule is NC(=O)c1cccc2c1c1cccc(F)c1n2Cc1ccccc1OCc1ccccc1. The molecule has 1 heterocycles. The molecule has 158 valence electrons. The van der Waals surface area contributed by atoms with E-state index in [1.54, 1.807) is 18.2 Å². The molecular formula is C27H21FN2O2. The molecule has 1 aromatic heterocycles. The van der Waals surface area contributed by atoms with E-state index in [1.165, 1.54) is 6.07 Å². The van der Waals surface area contributed by atoms with Gasteiger partial charge in [-0.1, -0.05) is 66.7 Å². The van der Waals surface area contributed by atoms with Gasteiger partial charge in [0.05, 0.1) is 17.6 Å². The first-order valence-electron chi connectivity index (χ1n) is 10.4. The molecule has 1 amide bonds. The second-order valence-corrected chi connectivity index (χ2v) is 7.67. The number of nitrogens with two attached hydrogens (primary N) is 1. The average molecular weight is 424 g/mol. The minimum Gasteiger partial charge on any atom is -0.489 e. The van der Waals surface area contributed by atoms with E-state index in [-0.39, 0.29) is 5.82 Å². The topological polar surface area (TPSA) is 57.2 Å². The van der Waals surface area contributed by atoms with E-state index in [0.29, 0.717) is 35.0 Å². The molecule has 5 rings (SSSR count). The molecule has 4 nitrogen and oxygen atoms in total. The van der Waals surface area contributed by atoms with Crippen LogP contribution in [0.25, 0.3) is 21.8 Å². The lowest BCUT2D eigenvalue weighted by Gasteiger charge is -2.14. The molecule has 0 aliphatic carbocycles. The molecule has 0 saturated carbocycles. The van der Waals surface area contributed by atoms with E-state index in [9.17, 15) is 4.79 Å². The van der Waals surface area contributed by atoms with Crippen molar-refractivity contribution in [1.82, 2.24) is 4.57 Å². The van der Waals surface area contributed by atoms with Crippen LogP contribution in [0.1, 0.15) is 21.5 Å². The second-order valence-electron chi connectivity index (χ2n) is 7.67. The Bertz CT molecular complexity index is 1440. The molecule has 0 atom stereocenters. The minimum absolute atomic E-state index is 0.350. The summed E-state index contributed by atoms with van der Waals surface area (Å²) in [6, 6.07) is 27.9. The molecule has 0 aliphatic rings. The Morgan fingerprint density at radius 3 is 2.44 bits per heavy atom. The fourth-order valence-corrected chi connectivity index (χ4v) is 4.21. The summed E-state index contributed by atoms with van der Waals surface area (Å²) in [4.78, 5) is 12.1. The van der Waals surface area contributed by atoms with Crippen molar-refractivity contribution in [3.05, 3.63) is 114 Å². The highest BCUT2D eigenvalue weighted by molar-refractivity contribution is 6.18. The van der Waals surface area contributed by atoms with Crippen LogP contribution < -0.4 is 10.5 Å². The molecule has 0 saturated heterocycles. The number of carbonyl (C=O) groups excluding carboxylic acids is 1.